The van der Waals surface area contributed by atoms with E-state index in [1.165, 1.54) is 0 Å². The molecular weight excluding hydrogens is 350 g/mol. The Morgan fingerprint density at radius 2 is 1.76 bits per heavy atom. The van der Waals surface area contributed by atoms with Crippen LogP contribution in [0.1, 0.15) is 10.4 Å². The van der Waals surface area contributed by atoms with E-state index in [2.05, 4.69) is 47.1 Å². The predicted molar refractivity (Wildman–Crippen MR) is 71.8 cm³/mol. The standard InChI is InChI=1S/C11H7Br2N3O/c12-7-5-14-11(15-6-7)16-10(17)8-3-1-2-4-9(8)13/h1-6H,(H,14,15,16,17). The Labute approximate surface area is 115 Å². The van der Waals surface area contributed by atoms with Crippen LogP contribution >= 0.6 is 31.9 Å². The van der Waals surface area contributed by atoms with Crippen LogP contribution in [0.2, 0.25) is 0 Å². The van der Waals surface area contributed by atoms with Crippen LogP contribution in [-0.4, -0.2) is 15.9 Å². The number of nitrogens with one attached hydrogen (secondary N) is 1. The average molecular weight is 357 g/mol. The molecule has 1 aromatic carbocycles. The summed E-state index contributed by atoms with van der Waals surface area (Å²) in [6, 6.07) is 7.16. The van der Waals surface area contributed by atoms with Crippen molar-refractivity contribution in [2.75, 3.05) is 5.32 Å². The highest BCUT2D eigenvalue weighted by Gasteiger charge is 2.10. The number of amides is 1. The molecule has 0 aliphatic heterocycles. The zero-order valence-corrected chi connectivity index (χ0v) is 11.7. The number of benzene rings is 1. The molecule has 0 bridgehead atoms. The molecule has 2 aromatic rings. The molecule has 0 aliphatic rings. The van der Waals surface area contributed by atoms with Gasteiger partial charge in [0.25, 0.3) is 5.91 Å². The largest absolute Gasteiger partial charge is 0.290 e. The highest BCUT2D eigenvalue weighted by Crippen LogP contribution is 2.17. The minimum atomic E-state index is -0.250. The van der Waals surface area contributed by atoms with Crippen molar-refractivity contribution >= 4 is 43.7 Å². The van der Waals surface area contributed by atoms with Gasteiger partial charge in [0.15, 0.2) is 0 Å². The molecular formula is C11H7Br2N3O. The molecule has 0 fully saturated rings. The van der Waals surface area contributed by atoms with Crippen LogP contribution in [0, 0.1) is 0 Å². The Morgan fingerprint density at radius 1 is 1.12 bits per heavy atom. The van der Waals surface area contributed by atoms with Crippen LogP contribution < -0.4 is 5.32 Å². The van der Waals surface area contributed by atoms with Crippen LogP contribution in [-0.2, 0) is 0 Å². The summed E-state index contributed by atoms with van der Waals surface area (Å²) in [5.41, 5.74) is 0.541. The van der Waals surface area contributed by atoms with Gasteiger partial charge in [0.2, 0.25) is 5.95 Å². The van der Waals surface area contributed by atoms with Gasteiger partial charge < -0.3 is 0 Å². The van der Waals surface area contributed by atoms with Gasteiger partial charge in [0.05, 0.1) is 10.0 Å². The third kappa shape index (κ3) is 3.10. The first-order valence-electron chi connectivity index (χ1n) is 4.70. The Hall–Kier alpha value is -1.27. The second kappa shape index (κ2) is 5.37. The van der Waals surface area contributed by atoms with Crippen LogP contribution in [0.4, 0.5) is 5.95 Å². The van der Waals surface area contributed by atoms with Crippen LogP contribution in [0.3, 0.4) is 0 Å². The molecule has 0 radical (unpaired) electrons. The minimum absolute atomic E-state index is 0.250. The summed E-state index contributed by atoms with van der Waals surface area (Å²) in [6.07, 6.45) is 3.14. The Balaban J connectivity index is 2.17. The van der Waals surface area contributed by atoms with Gasteiger partial charge in [-0.1, -0.05) is 12.1 Å². The summed E-state index contributed by atoms with van der Waals surface area (Å²) >= 11 is 6.54. The number of halogens is 2. The van der Waals surface area contributed by atoms with Gasteiger partial charge in [0, 0.05) is 16.9 Å². The minimum Gasteiger partial charge on any atom is -0.290 e. The van der Waals surface area contributed by atoms with Crippen molar-refractivity contribution in [1.29, 1.82) is 0 Å². The molecule has 0 atom stereocenters. The maximum atomic E-state index is 11.9. The monoisotopic (exact) mass is 355 g/mol. The van der Waals surface area contributed by atoms with Gasteiger partial charge in [-0.3, -0.25) is 10.1 Å². The summed E-state index contributed by atoms with van der Waals surface area (Å²) in [5.74, 6) is 0.0220. The maximum absolute atomic E-state index is 11.9. The van der Waals surface area contributed by atoms with E-state index < -0.39 is 0 Å². The number of nitrogens with zero attached hydrogens (tertiary/aromatic N) is 2. The second-order valence-corrected chi connectivity index (χ2v) is 4.93. The Kier molecular flexibility index (Phi) is 3.86. The van der Waals surface area contributed by atoms with Gasteiger partial charge in [-0.05, 0) is 44.0 Å². The van der Waals surface area contributed by atoms with Crippen molar-refractivity contribution in [2.45, 2.75) is 0 Å². The molecule has 17 heavy (non-hydrogen) atoms. The molecule has 86 valence electrons. The average Bonchev–Trinajstić information content (AvgIpc) is 2.32. The summed E-state index contributed by atoms with van der Waals surface area (Å²) in [5, 5.41) is 2.61. The zero-order valence-electron chi connectivity index (χ0n) is 8.52. The highest BCUT2D eigenvalue weighted by atomic mass is 79.9. The number of hydrogen-bond acceptors (Lipinski definition) is 3. The normalized spacial score (nSPS) is 10.0. The number of carbonyl (C=O) groups excluding carboxylic acids is 1. The molecule has 1 N–H and O–H groups in total. The number of hydrogen-bond donors (Lipinski definition) is 1. The SMILES string of the molecule is O=C(Nc1ncc(Br)cn1)c1ccccc1Br. The lowest BCUT2D eigenvalue weighted by molar-refractivity contribution is 0.102. The number of aromatic nitrogens is 2. The lowest BCUT2D eigenvalue weighted by Gasteiger charge is -2.04. The fourth-order valence-electron chi connectivity index (χ4n) is 1.19. The van der Waals surface area contributed by atoms with E-state index in [9.17, 15) is 4.79 Å². The zero-order chi connectivity index (χ0) is 12.3. The van der Waals surface area contributed by atoms with Crippen molar-refractivity contribution in [3.8, 4) is 0 Å². The molecule has 1 heterocycles. The molecule has 0 saturated heterocycles. The molecule has 6 heteroatoms. The van der Waals surface area contributed by atoms with Crippen molar-refractivity contribution < 1.29 is 4.79 Å². The number of anilines is 1. The fourth-order valence-corrected chi connectivity index (χ4v) is 1.86. The lowest BCUT2D eigenvalue weighted by Crippen LogP contribution is -2.14. The van der Waals surface area contributed by atoms with E-state index in [1.54, 1.807) is 30.6 Å². The van der Waals surface area contributed by atoms with E-state index in [0.29, 0.717) is 5.56 Å². The third-order valence-electron chi connectivity index (χ3n) is 1.96. The quantitative estimate of drug-likeness (QED) is 0.898. The molecule has 1 aromatic heterocycles. The second-order valence-electron chi connectivity index (χ2n) is 3.16. The first-order valence-corrected chi connectivity index (χ1v) is 6.29. The van der Waals surface area contributed by atoms with E-state index >= 15 is 0 Å². The summed E-state index contributed by atoms with van der Waals surface area (Å²) in [6.45, 7) is 0. The van der Waals surface area contributed by atoms with E-state index in [1.807, 2.05) is 6.07 Å². The topological polar surface area (TPSA) is 54.9 Å². The summed E-state index contributed by atoms with van der Waals surface area (Å²) < 4.78 is 1.49. The van der Waals surface area contributed by atoms with Crippen LogP contribution in [0.15, 0.2) is 45.6 Å². The molecule has 2 rings (SSSR count). The van der Waals surface area contributed by atoms with Gasteiger partial charge in [-0.15, -0.1) is 0 Å². The van der Waals surface area contributed by atoms with Crippen molar-refractivity contribution in [3.05, 3.63) is 51.2 Å². The first-order chi connectivity index (χ1) is 8.16. The van der Waals surface area contributed by atoms with Gasteiger partial charge in [0.1, 0.15) is 0 Å². The van der Waals surface area contributed by atoms with Crippen molar-refractivity contribution in [1.82, 2.24) is 9.97 Å². The predicted octanol–water partition coefficient (Wildman–Crippen LogP) is 3.25. The van der Waals surface area contributed by atoms with Crippen LogP contribution in [0.25, 0.3) is 0 Å². The number of carbonyl (C=O) groups is 1. The fraction of sp³-hybridized carbons (Fsp3) is 0. The molecule has 0 spiro atoms. The maximum Gasteiger partial charge on any atom is 0.259 e. The first kappa shape index (κ1) is 12.2. The highest BCUT2D eigenvalue weighted by molar-refractivity contribution is 9.10. The van der Waals surface area contributed by atoms with Crippen molar-refractivity contribution in [3.63, 3.8) is 0 Å². The van der Waals surface area contributed by atoms with Gasteiger partial charge >= 0.3 is 0 Å². The molecule has 0 aliphatic carbocycles. The van der Waals surface area contributed by atoms with Gasteiger partial charge in [-0.25, -0.2) is 9.97 Å². The molecule has 4 nitrogen and oxygen atoms in total. The molecule has 0 saturated carbocycles. The lowest BCUT2D eigenvalue weighted by atomic mass is 10.2. The van der Waals surface area contributed by atoms with Crippen molar-refractivity contribution in [2.24, 2.45) is 0 Å². The molecule has 1 amide bonds. The Morgan fingerprint density at radius 3 is 2.41 bits per heavy atom. The summed E-state index contributed by atoms with van der Waals surface area (Å²) in [7, 11) is 0. The smallest absolute Gasteiger partial charge is 0.259 e. The summed E-state index contributed by atoms with van der Waals surface area (Å²) in [4.78, 5) is 19.8. The van der Waals surface area contributed by atoms with Gasteiger partial charge in [-0.2, -0.15) is 0 Å². The van der Waals surface area contributed by atoms with E-state index in [-0.39, 0.29) is 11.9 Å². The molecule has 0 unspecified atom stereocenters. The Bertz CT molecular complexity index is 543. The van der Waals surface area contributed by atoms with E-state index in [4.69, 9.17) is 0 Å². The van der Waals surface area contributed by atoms with Crippen LogP contribution in [0.5, 0.6) is 0 Å². The number of rotatable bonds is 2. The van der Waals surface area contributed by atoms with E-state index in [0.717, 1.165) is 8.95 Å². The third-order valence-corrected chi connectivity index (χ3v) is 3.07.